The summed E-state index contributed by atoms with van der Waals surface area (Å²) in [7, 11) is 5.28. The molecule has 3 aromatic heterocycles. The third kappa shape index (κ3) is 6.01. The van der Waals surface area contributed by atoms with E-state index in [1.54, 1.807) is 26.2 Å². The largest absolute Gasteiger partial charge is 0.459 e. The molecule has 1 saturated heterocycles. The first-order valence-corrected chi connectivity index (χ1v) is 11.6. The Hall–Kier alpha value is -3.90. The number of rotatable bonds is 9. The monoisotopic (exact) mass is 496 g/mol. The maximum absolute atomic E-state index is 12.1. The van der Waals surface area contributed by atoms with Crippen LogP contribution in [0.3, 0.4) is 0 Å². The number of nitrogens with one attached hydrogen (secondary N) is 2. The minimum absolute atomic E-state index is 0.0225. The minimum Gasteiger partial charge on any atom is -0.459 e. The summed E-state index contributed by atoms with van der Waals surface area (Å²) in [6.07, 6.45) is -1.25. The molecule has 3 aromatic rings. The van der Waals surface area contributed by atoms with E-state index in [0.717, 1.165) is 37.7 Å². The van der Waals surface area contributed by atoms with Gasteiger partial charge in [0.25, 0.3) is 5.91 Å². The highest BCUT2D eigenvalue weighted by Crippen LogP contribution is 2.26. The highest BCUT2D eigenvalue weighted by atomic mass is 16.5. The number of aliphatic hydroxyl groups excluding tert-OH is 1. The Morgan fingerprint density at radius 1 is 1.25 bits per heavy atom. The van der Waals surface area contributed by atoms with Gasteiger partial charge in [0.15, 0.2) is 5.82 Å². The van der Waals surface area contributed by atoms with E-state index in [9.17, 15) is 9.90 Å². The molecule has 0 aliphatic carbocycles. The number of amides is 1. The highest BCUT2D eigenvalue weighted by molar-refractivity contribution is 5.93. The van der Waals surface area contributed by atoms with Crippen molar-refractivity contribution >= 4 is 23.4 Å². The Morgan fingerprint density at radius 2 is 2.00 bits per heavy atom. The van der Waals surface area contributed by atoms with Crippen LogP contribution in [0.5, 0.6) is 6.01 Å². The van der Waals surface area contributed by atoms with Crippen LogP contribution < -0.4 is 15.0 Å². The first-order chi connectivity index (χ1) is 17.2. The molecule has 0 radical (unpaired) electrons. The lowest BCUT2D eigenvalue weighted by molar-refractivity contribution is -0.125. The van der Waals surface area contributed by atoms with E-state index in [0.29, 0.717) is 17.4 Å². The van der Waals surface area contributed by atoms with E-state index in [2.05, 4.69) is 48.9 Å². The van der Waals surface area contributed by atoms with Crippen molar-refractivity contribution < 1.29 is 19.1 Å². The van der Waals surface area contributed by atoms with Crippen LogP contribution in [0.2, 0.25) is 0 Å². The molecule has 0 aromatic carbocycles. The summed E-state index contributed by atoms with van der Waals surface area (Å²) in [5.41, 5.74) is 0.947. The molecule has 36 heavy (non-hydrogen) atoms. The predicted molar refractivity (Wildman–Crippen MR) is 134 cm³/mol. The SMILES string of the molecule is C=C(C(=O)N(C)C)C(O)c1ccc(COc2nc(Nc3cc(C)[nH]n3)cc(N3CCN(C)CC3)n2)o1. The summed E-state index contributed by atoms with van der Waals surface area (Å²) >= 11 is 0. The number of hydrogen-bond acceptors (Lipinski definition) is 10. The van der Waals surface area contributed by atoms with Crippen molar-refractivity contribution in [2.45, 2.75) is 19.6 Å². The van der Waals surface area contributed by atoms with E-state index in [1.165, 1.54) is 4.90 Å². The molecule has 1 aliphatic rings. The fourth-order valence-electron chi connectivity index (χ4n) is 3.68. The van der Waals surface area contributed by atoms with Gasteiger partial charge in [0.1, 0.15) is 35.9 Å². The molecule has 1 unspecified atom stereocenters. The number of H-pyrrole nitrogens is 1. The normalized spacial score (nSPS) is 15.0. The number of nitrogens with zero attached hydrogens (tertiary/aromatic N) is 6. The number of aromatic nitrogens is 4. The van der Waals surface area contributed by atoms with Gasteiger partial charge in [-0.1, -0.05) is 6.58 Å². The smallest absolute Gasteiger partial charge is 0.320 e. The van der Waals surface area contributed by atoms with Gasteiger partial charge >= 0.3 is 6.01 Å². The van der Waals surface area contributed by atoms with Crippen molar-refractivity contribution in [3.05, 3.63) is 53.6 Å². The van der Waals surface area contributed by atoms with Gasteiger partial charge in [0.2, 0.25) is 0 Å². The van der Waals surface area contributed by atoms with Gasteiger partial charge < -0.3 is 34.3 Å². The zero-order chi connectivity index (χ0) is 25.8. The molecule has 0 spiro atoms. The lowest BCUT2D eigenvalue weighted by Crippen LogP contribution is -2.44. The summed E-state index contributed by atoms with van der Waals surface area (Å²) in [6.45, 7) is 9.17. The standard InChI is InChI=1S/C24H32N8O4/c1-15-12-20(29-28-15)25-19-13-21(32-10-8-31(5)9-11-32)27-24(26-19)35-14-17-6-7-18(36-17)22(33)16(2)23(34)30(3)4/h6-7,12-13,22,33H,2,8-11,14H2,1,3-5H3,(H2,25,26,27,28,29). The van der Waals surface area contributed by atoms with E-state index in [4.69, 9.17) is 9.15 Å². The number of carbonyl (C=O) groups excluding carboxylic acids is 1. The lowest BCUT2D eigenvalue weighted by Gasteiger charge is -2.33. The molecule has 192 valence electrons. The molecule has 3 N–H and O–H groups in total. The molecule has 1 amide bonds. The van der Waals surface area contributed by atoms with Crippen LogP contribution in [0.1, 0.15) is 23.3 Å². The topological polar surface area (TPSA) is 136 Å². The number of aliphatic hydroxyl groups is 1. The number of ether oxygens (including phenoxy) is 1. The van der Waals surface area contributed by atoms with Gasteiger partial charge in [0.05, 0.1) is 0 Å². The van der Waals surface area contributed by atoms with Crippen LogP contribution in [0.15, 0.2) is 40.8 Å². The van der Waals surface area contributed by atoms with E-state index in [1.807, 2.05) is 19.1 Å². The molecule has 4 heterocycles. The number of piperazine rings is 1. The number of likely N-dealkylation sites (N-methyl/N-ethyl adjacent to an activating group) is 2. The molecule has 4 rings (SSSR count). The number of hydrogen-bond donors (Lipinski definition) is 3. The number of anilines is 3. The van der Waals surface area contributed by atoms with Gasteiger partial charge in [-0.3, -0.25) is 9.89 Å². The summed E-state index contributed by atoms with van der Waals surface area (Å²) in [5, 5.41) is 20.8. The first kappa shape index (κ1) is 25.2. The molecule has 0 bridgehead atoms. The second-order valence-corrected chi connectivity index (χ2v) is 8.97. The van der Waals surface area contributed by atoms with Crippen LogP contribution in [-0.4, -0.2) is 88.3 Å². The van der Waals surface area contributed by atoms with Crippen molar-refractivity contribution in [1.29, 1.82) is 0 Å². The lowest BCUT2D eigenvalue weighted by atomic mass is 10.1. The summed E-state index contributed by atoms with van der Waals surface area (Å²) in [6, 6.07) is 7.18. The summed E-state index contributed by atoms with van der Waals surface area (Å²) in [4.78, 5) is 27.0. The molecule has 1 atom stereocenters. The predicted octanol–water partition coefficient (Wildman–Crippen LogP) is 1.85. The van der Waals surface area contributed by atoms with Crippen molar-refractivity contribution in [3.8, 4) is 6.01 Å². The highest BCUT2D eigenvalue weighted by Gasteiger charge is 2.23. The molecule has 12 heteroatoms. The number of aromatic amines is 1. The maximum Gasteiger partial charge on any atom is 0.320 e. The summed E-state index contributed by atoms with van der Waals surface area (Å²) < 4.78 is 11.6. The first-order valence-electron chi connectivity index (χ1n) is 11.6. The molecule has 1 fully saturated rings. The molecule has 12 nitrogen and oxygen atoms in total. The summed E-state index contributed by atoms with van der Waals surface area (Å²) in [5.74, 6) is 2.21. The maximum atomic E-state index is 12.1. The van der Waals surface area contributed by atoms with Crippen LogP contribution in [0.4, 0.5) is 17.5 Å². The van der Waals surface area contributed by atoms with E-state index >= 15 is 0 Å². The van der Waals surface area contributed by atoms with Crippen LogP contribution >= 0.6 is 0 Å². The number of carbonyl (C=O) groups is 1. The minimum atomic E-state index is -1.25. The molecule has 0 saturated carbocycles. The quantitative estimate of drug-likeness (QED) is 0.377. The molecular formula is C24H32N8O4. The van der Waals surface area contributed by atoms with Crippen LogP contribution in [-0.2, 0) is 11.4 Å². The van der Waals surface area contributed by atoms with Crippen molar-refractivity contribution in [2.24, 2.45) is 0 Å². The zero-order valence-electron chi connectivity index (χ0n) is 21.0. The average molecular weight is 497 g/mol. The molecule has 1 aliphatic heterocycles. The number of furan rings is 1. The Balaban J connectivity index is 1.49. The fraction of sp³-hybridized carbons (Fsp3) is 0.417. The Labute approximate surface area is 209 Å². The van der Waals surface area contributed by atoms with Gasteiger partial charge in [-0.15, -0.1) is 0 Å². The van der Waals surface area contributed by atoms with E-state index < -0.39 is 6.10 Å². The second kappa shape index (κ2) is 10.8. The van der Waals surface area contributed by atoms with Crippen molar-refractivity contribution in [3.63, 3.8) is 0 Å². The van der Waals surface area contributed by atoms with Gasteiger partial charge in [-0.25, -0.2) is 0 Å². The fourth-order valence-corrected chi connectivity index (χ4v) is 3.68. The third-order valence-electron chi connectivity index (χ3n) is 5.79. The zero-order valence-corrected chi connectivity index (χ0v) is 21.0. The Morgan fingerprint density at radius 3 is 2.67 bits per heavy atom. The van der Waals surface area contributed by atoms with E-state index in [-0.39, 0.29) is 29.9 Å². The van der Waals surface area contributed by atoms with Gasteiger partial charge in [0, 0.05) is 63.7 Å². The third-order valence-corrected chi connectivity index (χ3v) is 5.79. The van der Waals surface area contributed by atoms with Crippen LogP contribution in [0, 0.1) is 6.92 Å². The Bertz CT molecular complexity index is 1210. The molecular weight excluding hydrogens is 464 g/mol. The van der Waals surface area contributed by atoms with Crippen LogP contribution in [0.25, 0.3) is 0 Å². The van der Waals surface area contributed by atoms with Crippen molar-refractivity contribution in [1.82, 2.24) is 30.0 Å². The van der Waals surface area contributed by atoms with Gasteiger partial charge in [-0.2, -0.15) is 15.1 Å². The van der Waals surface area contributed by atoms with Crippen molar-refractivity contribution in [2.75, 3.05) is 57.5 Å². The Kier molecular flexibility index (Phi) is 7.55. The second-order valence-electron chi connectivity index (χ2n) is 8.97. The van der Waals surface area contributed by atoms with Gasteiger partial charge in [-0.05, 0) is 26.1 Å². The number of aryl methyl sites for hydroxylation is 1. The average Bonchev–Trinajstić information content (AvgIpc) is 3.50.